The molecule has 9 heteroatoms. The van der Waals surface area contributed by atoms with E-state index in [-0.39, 0.29) is 24.5 Å². The zero-order chi connectivity index (χ0) is 20.7. The lowest BCUT2D eigenvalue weighted by Crippen LogP contribution is -2.58. The topological polar surface area (TPSA) is 79.7 Å². The summed E-state index contributed by atoms with van der Waals surface area (Å²) in [6.45, 7) is 5.45. The third kappa shape index (κ3) is 3.47. The van der Waals surface area contributed by atoms with Crippen molar-refractivity contribution >= 4 is 50.3 Å². The predicted octanol–water partition coefficient (Wildman–Crippen LogP) is 2.96. The lowest BCUT2D eigenvalue weighted by atomic mass is 9.99. The highest BCUT2D eigenvalue weighted by molar-refractivity contribution is 7.16. The number of ether oxygens (including phenoxy) is 1. The van der Waals surface area contributed by atoms with Crippen molar-refractivity contribution in [3.63, 3.8) is 0 Å². The summed E-state index contributed by atoms with van der Waals surface area (Å²) in [5, 5.41) is 13.2. The molecule has 0 spiro atoms. The van der Waals surface area contributed by atoms with Crippen LogP contribution < -0.4 is 5.32 Å². The molecule has 0 aliphatic carbocycles. The fourth-order valence-electron chi connectivity index (χ4n) is 3.75. The number of fused-ring (bicyclic) bond motifs is 2. The van der Waals surface area contributed by atoms with Crippen LogP contribution in [0.5, 0.6) is 0 Å². The number of halogens is 1. The largest absolute Gasteiger partial charge is 0.377 e. The number of nitrogens with one attached hydrogen (secondary N) is 1. The van der Waals surface area contributed by atoms with Gasteiger partial charge in [-0.3, -0.25) is 9.80 Å². The van der Waals surface area contributed by atoms with Crippen molar-refractivity contribution in [3.8, 4) is 0 Å². The first-order chi connectivity index (χ1) is 14.6. The zero-order valence-corrected chi connectivity index (χ0v) is 17.5. The number of nitrogens with zero attached hydrogens (tertiary/aromatic N) is 4. The molecular formula is C21H18ClN5O2S. The van der Waals surface area contributed by atoms with Gasteiger partial charge in [-0.15, -0.1) is 11.3 Å². The Bertz CT molecular complexity index is 1160. The minimum absolute atomic E-state index is 0.0319. The number of thiophene rings is 1. The van der Waals surface area contributed by atoms with Crippen molar-refractivity contribution in [2.45, 2.75) is 12.1 Å². The standard InChI is InChI=1S/C21H18ClN5O2S/c1-12(13-2-4-14(22)5-3-13)19(20-15-6-7-30-21(15)24-11-23-20)26-27-8-18(28)25-16-9-29-10-17(16)27/h2-7,11,16-17H,1,8-10H2,(H,25,28)/b26-19+/t16-,17+/m0/s1. The van der Waals surface area contributed by atoms with Crippen LogP contribution in [0.4, 0.5) is 0 Å². The highest BCUT2D eigenvalue weighted by Crippen LogP contribution is 2.28. The van der Waals surface area contributed by atoms with E-state index in [1.807, 2.05) is 35.7 Å². The molecule has 4 heterocycles. The molecule has 1 aromatic carbocycles. The second-order valence-electron chi connectivity index (χ2n) is 7.17. The van der Waals surface area contributed by atoms with E-state index < -0.39 is 0 Å². The Labute approximate surface area is 182 Å². The van der Waals surface area contributed by atoms with Gasteiger partial charge in [-0.2, -0.15) is 5.10 Å². The molecule has 7 nitrogen and oxygen atoms in total. The summed E-state index contributed by atoms with van der Waals surface area (Å²) < 4.78 is 5.59. The molecule has 2 saturated heterocycles. The van der Waals surface area contributed by atoms with Gasteiger partial charge in [0.2, 0.25) is 5.91 Å². The molecule has 0 radical (unpaired) electrons. The van der Waals surface area contributed by atoms with Gasteiger partial charge in [0.25, 0.3) is 0 Å². The minimum atomic E-state index is -0.0784. The van der Waals surface area contributed by atoms with Gasteiger partial charge in [-0.1, -0.05) is 30.3 Å². The van der Waals surface area contributed by atoms with E-state index in [0.717, 1.165) is 15.8 Å². The Hall–Kier alpha value is -2.81. The summed E-state index contributed by atoms with van der Waals surface area (Å²) in [7, 11) is 0. The number of rotatable bonds is 4. The van der Waals surface area contributed by atoms with E-state index >= 15 is 0 Å². The van der Waals surface area contributed by atoms with Crippen LogP contribution in [-0.4, -0.2) is 58.4 Å². The fourth-order valence-corrected chi connectivity index (χ4v) is 4.61. The second kappa shape index (κ2) is 7.79. The number of carbonyl (C=O) groups excluding carboxylic acids is 1. The highest BCUT2D eigenvalue weighted by atomic mass is 35.5. The maximum absolute atomic E-state index is 12.2. The summed E-state index contributed by atoms with van der Waals surface area (Å²) in [6, 6.07) is 9.30. The van der Waals surface area contributed by atoms with Gasteiger partial charge < -0.3 is 10.1 Å². The van der Waals surface area contributed by atoms with E-state index in [4.69, 9.17) is 21.4 Å². The molecule has 2 fully saturated rings. The van der Waals surface area contributed by atoms with Crippen LogP contribution in [0.15, 0.2) is 53.7 Å². The van der Waals surface area contributed by atoms with Crippen LogP contribution in [0.3, 0.4) is 0 Å². The lowest BCUT2D eigenvalue weighted by molar-refractivity contribution is -0.126. The Morgan fingerprint density at radius 2 is 2.10 bits per heavy atom. The molecule has 152 valence electrons. The van der Waals surface area contributed by atoms with Gasteiger partial charge in [0.15, 0.2) is 0 Å². The van der Waals surface area contributed by atoms with Crippen molar-refractivity contribution in [2.75, 3.05) is 19.8 Å². The average molecular weight is 440 g/mol. The van der Waals surface area contributed by atoms with Gasteiger partial charge in [-0.25, -0.2) is 9.97 Å². The smallest absolute Gasteiger partial charge is 0.241 e. The predicted molar refractivity (Wildman–Crippen MR) is 118 cm³/mol. The van der Waals surface area contributed by atoms with Crippen LogP contribution in [0.2, 0.25) is 5.02 Å². The van der Waals surface area contributed by atoms with Crippen molar-refractivity contribution in [1.82, 2.24) is 20.3 Å². The summed E-state index contributed by atoms with van der Waals surface area (Å²) in [5.74, 6) is -0.0784. The monoisotopic (exact) mass is 439 g/mol. The van der Waals surface area contributed by atoms with Crippen LogP contribution in [0.25, 0.3) is 15.8 Å². The van der Waals surface area contributed by atoms with E-state index in [1.54, 1.807) is 5.01 Å². The van der Waals surface area contributed by atoms with Gasteiger partial charge >= 0.3 is 0 Å². The SMILES string of the molecule is C=C(/C(=N\N1CC(=O)N[C@H]2COC[C@H]21)c1ncnc2sccc12)c1ccc(Cl)cc1. The minimum Gasteiger partial charge on any atom is -0.377 e. The summed E-state index contributed by atoms with van der Waals surface area (Å²) in [6.07, 6.45) is 1.53. The molecule has 1 amide bonds. The maximum atomic E-state index is 12.2. The van der Waals surface area contributed by atoms with Crippen LogP contribution in [0.1, 0.15) is 11.3 Å². The summed E-state index contributed by atoms with van der Waals surface area (Å²) in [5.41, 5.74) is 2.85. The Kier molecular flexibility index (Phi) is 4.98. The van der Waals surface area contributed by atoms with Crippen LogP contribution >= 0.6 is 22.9 Å². The molecular weight excluding hydrogens is 422 g/mol. The first kappa shape index (κ1) is 19.2. The number of benzene rings is 1. The van der Waals surface area contributed by atoms with Crippen molar-refractivity contribution in [2.24, 2.45) is 5.10 Å². The Balaban J connectivity index is 1.63. The molecule has 3 aromatic rings. The Morgan fingerprint density at radius 3 is 2.93 bits per heavy atom. The van der Waals surface area contributed by atoms with E-state index in [0.29, 0.717) is 35.2 Å². The van der Waals surface area contributed by atoms with Gasteiger partial charge in [-0.05, 0) is 29.1 Å². The number of hydrogen-bond donors (Lipinski definition) is 1. The van der Waals surface area contributed by atoms with Crippen LogP contribution in [-0.2, 0) is 9.53 Å². The number of hydrazone groups is 1. The Morgan fingerprint density at radius 1 is 1.27 bits per heavy atom. The van der Waals surface area contributed by atoms with Crippen molar-refractivity contribution in [1.29, 1.82) is 0 Å². The lowest BCUT2D eigenvalue weighted by Gasteiger charge is -2.34. The van der Waals surface area contributed by atoms with Gasteiger partial charge in [0.05, 0.1) is 25.3 Å². The van der Waals surface area contributed by atoms with E-state index in [1.165, 1.54) is 17.7 Å². The average Bonchev–Trinajstić information content (AvgIpc) is 3.41. The third-order valence-electron chi connectivity index (χ3n) is 5.28. The number of piperazine rings is 1. The second-order valence-corrected chi connectivity index (χ2v) is 8.50. The number of carbonyl (C=O) groups is 1. The summed E-state index contributed by atoms with van der Waals surface area (Å²) >= 11 is 7.60. The molecule has 30 heavy (non-hydrogen) atoms. The molecule has 2 aliphatic rings. The van der Waals surface area contributed by atoms with Crippen molar-refractivity contribution in [3.05, 3.63) is 64.9 Å². The molecule has 0 bridgehead atoms. The summed E-state index contributed by atoms with van der Waals surface area (Å²) in [4.78, 5) is 22.0. The number of aromatic nitrogens is 2. The zero-order valence-electron chi connectivity index (χ0n) is 15.9. The molecule has 2 aliphatic heterocycles. The van der Waals surface area contributed by atoms with E-state index in [2.05, 4.69) is 21.9 Å². The molecule has 1 N–H and O–H groups in total. The molecule has 0 unspecified atom stereocenters. The first-order valence-electron chi connectivity index (χ1n) is 9.46. The normalized spacial score (nSPS) is 21.6. The first-order valence-corrected chi connectivity index (χ1v) is 10.7. The number of hydrogen-bond acceptors (Lipinski definition) is 7. The van der Waals surface area contributed by atoms with Gasteiger partial charge in [0.1, 0.15) is 29.1 Å². The fraction of sp³-hybridized carbons (Fsp3) is 0.238. The highest BCUT2D eigenvalue weighted by Gasteiger charge is 2.39. The number of amides is 1. The molecule has 2 aromatic heterocycles. The van der Waals surface area contributed by atoms with Crippen molar-refractivity contribution < 1.29 is 9.53 Å². The maximum Gasteiger partial charge on any atom is 0.241 e. The third-order valence-corrected chi connectivity index (χ3v) is 6.35. The molecule has 2 atom stereocenters. The molecule has 0 saturated carbocycles. The quantitative estimate of drug-likeness (QED) is 0.632. The van der Waals surface area contributed by atoms with E-state index in [9.17, 15) is 4.79 Å². The number of allylic oxidation sites excluding steroid dienone is 1. The van der Waals surface area contributed by atoms with Crippen LogP contribution in [0, 0.1) is 0 Å². The molecule has 5 rings (SSSR count). The van der Waals surface area contributed by atoms with Gasteiger partial charge in [0, 0.05) is 16.0 Å².